The zero-order valence-electron chi connectivity index (χ0n) is 23.5. The lowest BCUT2D eigenvalue weighted by molar-refractivity contribution is -0.150. The number of likely N-dealkylation sites (tertiary alicyclic amines) is 1. The van der Waals surface area contributed by atoms with Crippen LogP contribution in [0, 0.1) is 17.3 Å². The second kappa shape index (κ2) is 14.0. The van der Waals surface area contributed by atoms with Crippen LogP contribution in [0.25, 0.3) is 0 Å². The zero-order valence-corrected chi connectivity index (χ0v) is 23.5. The summed E-state index contributed by atoms with van der Waals surface area (Å²) in [6, 6.07) is 6.78. The first-order valence-corrected chi connectivity index (χ1v) is 14.0. The van der Waals surface area contributed by atoms with Gasteiger partial charge in [-0.15, -0.1) is 0 Å². The first-order valence-electron chi connectivity index (χ1n) is 14.0. The van der Waals surface area contributed by atoms with E-state index in [-0.39, 0.29) is 55.1 Å². The van der Waals surface area contributed by atoms with Gasteiger partial charge >= 0.3 is 5.97 Å². The number of nitrogens with zero attached hydrogens (tertiary/aromatic N) is 1. The normalized spacial score (nSPS) is 17.8. The molecule has 11 heteroatoms. The Kier molecular flexibility index (Phi) is 10.8. The van der Waals surface area contributed by atoms with E-state index < -0.39 is 17.2 Å². The number of unbranched alkanes of at least 4 members (excludes halogenated alkanes) is 2. The largest absolute Gasteiger partial charge is 0.461 e. The number of anilines is 1. The summed E-state index contributed by atoms with van der Waals surface area (Å²) in [7, 11) is 0. The first-order chi connectivity index (χ1) is 19.0. The summed E-state index contributed by atoms with van der Waals surface area (Å²) < 4.78 is 4.93. The average molecular weight is 557 g/mol. The molecule has 0 aromatic heterocycles. The molecule has 1 atom stereocenters. The molecule has 1 heterocycles. The van der Waals surface area contributed by atoms with Crippen molar-refractivity contribution in [3.8, 4) is 0 Å². The molecule has 1 aromatic rings. The van der Waals surface area contributed by atoms with Crippen molar-refractivity contribution in [2.24, 2.45) is 17.3 Å². The van der Waals surface area contributed by atoms with E-state index in [1.165, 1.54) is 11.8 Å². The quantitative estimate of drug-likeness (QED) is 0.138. The number of ether oxygens (including phenoxy) is 1. The zero-order chi connectivity index (χ0) is 29.3. The molecule has 0 radical (unpaired) electrons. The number of hydrogen-bond donors (Lipinski definition) is 3. The van der Waals surface area contributed by atoms with Crippen LogP contribution < -0.4 is 16.0 Å². The molecule has 2 fully saturated rings. The van der Waals surface area contributed by atoms with Gasteiger partial charge in [-0.25, -0.2) is 0 Å². The van der Waals surface area contributed by atoms with Crippen LogP contribution in [-0.4, -0.2) is 60.0 Å². The lowest BCUT2D eigenvalue weighted by atomic mass is 9.67. The Hall–Kier alpha value is -3.76. The Morgan fingerprint density at radius 2 is 1.68 bits per heavy atom. The van der Waals surface area contributed by atoms with Crippen LogP contribution in [0.1, 0.15) is 71.3 Å². The van der Waals surface area contributed by atoms with E-state index in [0.717, 1.165) is 18.4 Å². The Morgan fingerprint density at radius 3 is 2.25 bits per heavy atom. The fraction of sp³-hybridized carbons (Fsp3) is 0.586. The molecular formula is C29H40N4O7. The minimum atomic E-state index is -1.17. The predicted octanol–water partition coefficient (Wildman–Crippen LogP) is 2.29. The number of rotatable bonds is 14. The molecule has 1 aliphatic heterocycles. The van der Waals surface area contributed by atoms with Crippen LogP contribution in [0.5, 0.6) is 0 Å². The van der Waals surface area contributed by atoms with Crippen molar-refractivity contribution < 1.29 is 33.5 Å². The van der Waals surface area contributed by atoms with Gasteiger partial charge in [0.1, 0.15) is 12.0 Å². The summed E-state index contributed by atoms with van der Waals surface area (Å²) in [5.41, 5.74) is 0.134. The lowest BCUT2D eigenvalue weighted by Crippen LogP contribution is -2.56. The monoisotopic (exact) mass is 556 g/mol. The van der Waals surface area contributed by atoms with Gasteiger partial charge < -0.3 is 20.7 Å². The van der Waals surface area contributed by atoms with E-state index in [4.69, 9.17) is 4.74 Å². The fourth-order valence-corrected chi connectivity index (χ4v) is 4.90. The van der Waals surface area contributed by atoms with Gasteiger partial charge in [0.25, 0.3) is 0 Å². The number of imide groups is 1. The molecule has 3 rings (SSSR count). The maximum atomic E-state index is 12.9. The molecule has 2 aliphatic rings. The van der Waals surface area contributed by atoms with Gasteiger partial charge in [-0.3, -0.25) is 33.7 Å². The number of carbonyl (C=O) groups excluding carboxylic acids is 6. The maximum Gasteiger partial charge on any atom is 0.302 e. The fourth-order valence-electron chi connectivity index (χ4n) is 4.90. The number of carbonyl (C=O) groups is 6. The third-order valence-corrected chi connectivity index (χ3v) is 7.59. The molecule has 1 aliphatic carbocycles. The van der Waals surface area contributed by atoms with Crippen molar-refractivity contribution in [2.45, 2.75) is 72.3 Å². The number of nitrogens with one attached hydrogen (secondary N) is 3. The van der Waals surface area contributed by atoms with E-state index in [2.05, 4.69) is 16.0 Å². The highest BCUT2D eigenvalue weighted by Gasteiger charge is 2.50. The number of esters is 1. The van der Waals surface area contributed by atoms with Crippen molar-refractivity contribution in [2.75, 3.05) is 25.0 Å². The Balaban J connectivity index is 1.35. The number of benzene rings is 1. The Morgan fingerprint density at radius 1 is 1.00 bits per heavy atom. The van der Waals surface area contributed by atoms with Crippen molar-refractivity contribution in [1.29, 1.82) is 0 Å². The maximum absolute atomic E-state index is 12.9. The van der Waals surface area contributed by atoms with Crippen LogP contribution in [0.4, 0.5) is 5.69 Å². The molecule has 218 valence electrons. The topological polar surface area (TPSA) is 151 Å². The molecule has 40 heavy (non-hydrogen) atoms. The standard InChI is InChI=1S/C29H40N4O7/c1-19(2)23-16-25(36)33(26(23)37)15-6-4-5-14-30-27(38)29(12-7-13-29)28(39)31-17-24(35)32-22-10-8-21(9-11-22)18-40-20(3)34/h8-11,19,23H,4-7,12-18H2,1-3H3,(H,30,38)(H,31,39)(H,32,35). The van der Waals surface area contributed by atoms with Gasteiger partial charge in [-0.2, -0.15) is 0 Å². The van der Waals surface area contributed by atoms with E-state index >= 15 is 0 Å². The Labute approximate surface area is 234 Å². The summed E-state index contributed by atoms with van der Waals surface area (Å²) in [6.45, 7) is 5.87. The van der Waals surface area contributed by atoms with Crippen molar-refractivity contribution >= 4 is 41.2 Å². The minimum Gasteiger partial charge on any atom is -0.461 e. The molecule has 11 nitrogen and oxygen atoms in total. The van der Waals surface area contributed by atoms with Gasteiger partial charge in [0, 0.05) is 38.0 Å². The highest BCUT2D eigenvalue weighted by molar-refractivity contribution is 6.07. The van der Waals surface area contributed by atoms with Crippen LogP contribution in [-0.2, 0) is 40.1 Å². The SMILES string of the molecule is CC(=O)OCc1ccc(NC(=O)CNC(=O)C2(C(=O)NCCCCCN3C(=O)CC(C(C)C)C3=O)CCC2)cc1. The number of hydrogen-bond acceptors (Lipinski definition) is 7. The molecule has 0 bridgehead atoms. The van der Waals surface area contributed by atoms with Crippen LogP contribution in [0.3, 0.4) is 0 Å². The van der Waals surface area contributed by atoms with E-state index in [0.29, 0.717) is 44.5 Å². The molecule has 0 spiro atoms. The van der Waals surface area contributed by atoms with Crippen LogP contribution in [0.15, 0.2) is 24.3 Å². The van der Waals surface area contributed by atoms with Gasteiger partial charge in [0.15, 0.2) is 0 Å². The molecular weight excluding hydrogens is 516 g/mol. The molecule has 5 amide bonds. The highest BCUT2D eigenvalue weighted by Crippen LogP contribution is 2.41. The van der Waals surface area contributed by atoms with E-state index in [9.17, 15) is 28.8 Å². The van der Waals surface area contributed by atoms with Gasteiger partial charge in [-0.05, 0) is 55.7 Å². The van der Waals surface area contributed by atoms with Crippen molar-refractivity contribution in [3.05, 3.63) is 29.8 Å². The number of amides is 5. The van der Waals surface area contributed by atoms with Gasteiger partial charge in [0.2, 0.25) is 29.5 Å². The second-order valence-corrected chi connectivity index (χ2v) is 10.9. The Bertz CT molecular complexity index is 1110. The summed E-state index contributed by atoms with van der Waals surface area (Å²) in [5, 5.41) is 8.12. The van der Waals surface area contributed by atoms with Gasteiger partial charge in [-0.1, -0.05) is 32.4 Å². The third-order valence-electron chi connectivity index (χ3n) is 7.59. The van der Waals surface area contributed by atoms with Crippen LogP contribution >= 0.6 is 0 Å². The molecule has 1 saturated carbocycles. The van der Waals surface area contributed by atoms with E-state index in [1.807, 2.05) is 13.8 Å². The predicted molar refractivity (Wildman–Crippen MR) is 146 cm³/mol. The second-order valence-electron chi connectivity index (χ2n) is 10.9. The minimum absolute atomic E-state index is 0.0888. The molecule has 3 N–H and O–H groups in total. The lowest BCUT2D eigenvalue weighted by Gasteiger charge is -2.38. The smallest absolute Gasteiger partial charge is 0.302 e. The molecule has 1 unspecified atom stereocenters. The van der Waals surface area contributed by atoms with Gasteiger partial charge in [0.05, 0.1) is 6.54 Å². The van der Waals surface area contributed by atoms with Crippen molar-refractivity contribution in [1.82, 2.24) is 15.5 Å². The summed E-state index contributed by atoms with van der Waals surface area (Å²) >= 11 is 0. The summed E-state index contributed by atoms with van der Waals surface area (Å²) in [4.78, 5) is 74.9. The summed E-state index contributed by atoms with van der Waals surface area (Å²) in [5.74, 6) is -1.90. The summed E-state index contributed by atoms with van der Waals surface area (Å²) in [6.07, 6.45) is 3.93. The van der Waals surface area contributed by atoms with E-state index in [1.54, 1.807) is 24.3 Å². The molecule has 1 saturated heterocycles. The van der Waals surface area contributed by atoms with Crippen molar-refractivity contribution in [3.63, 3.8) is 0 Å². The highest BCUT2D eigenvalue weighted by atomic mass is 16.5. The first kappa shape index (κ1) is 30.8. The third kappa shape index (κ3) is 7.89. The molecule has 1 aromatic carbocycles. The average Bonchev–Trinajstić information content (AvgIpc) is 3.17. The van der Waals surface area contributed by atoms with Crippen LogP contribution in [0.2, 0.25) is 0 Å².